The van der Waals surface area contributed by atoms with E-state index in [-0.39, 0.29) is 18.9 Å². The maximum Gasteiger partial charge on any atom is 0.251 e. The highest BCUT2D eigenvalue weighted by atomic mass is 16.2. The maximum atomic E-state index is 11.8. The predicted molar refractivity (Wildman–Crippen MR) is 69.6 cm³/mol. The summed E-state index contributed by atoms with van der Waals surface area (Å²) < 4.78 is 0. The lowest BCUT2D eigenvalue weighted by molar-refractivity contribution is -0.117. The molecule has 1 aliphatic rings. The summed E-state index contributed by atoms with van der Waals surface area (Å²) in [5.41, 5.74) is 7.48. The van der Waals surface area contributed by atoms with Gasteiger partial charge >= 0.3 is 0 Å². The van der Waals surface area contributed by atoms with Gasteiger partial charge in [-0.15, -0.1) is 0 Å². The Hall–Kier alpha value is -2.24. The average molecular weight is 248 g/mol. The zero-order valence-corrected chi connectivity index (χ0v) is 9.95. The molecule has 0 saturated carbocycles. The molecule has 1 aliphatic heterocycles. The van der Waals surface area contributed by atoms with Crippen LogP contribution in [0.1, 0.15) is 16.8 Å². The molecule has 1 aromatic rings. The second kappa shape index (κ2) is 5.39. The van der Waals surface area contributed by atoms with Crippen LogP contribution in [0.2, 0.25) is 0 Å². The summed E-state index contributed by atoms with van der Waals surface area (Å²) >= 11 is 0. The molecule has 0 fully saturated rings. The molecule has 0 radical (unpaired) electrons. The molecule has 18 heavy (non-hydrogen) atoms. The van der Waals surface area contributed by atoms with Gasteiger partial charge in [0.2, 0.25) is 5.91 Å². The Labute approximate surface area is 105 Å². The highest BCUT2D eigenvalue weighted by Gasteiger charge is 2.11. The lowest BCUT2D eigenvalue weighted by Crippen LogP contribution is -2.28. The number of hydrogen-bond donors (Lipinski definition) is 4. The van der Waals surface area contributed by atoms with Crippen molar-refractivity contribution in [2.24, 2.45) is 5.73 Å². The van der Waals surface area contributed by atoms with Crippen molar-refractivity contribution in [1.82, 2.24) is 5.32 Å². The molecule has 1 aromatic carbocycles. The van der Waals surface area contributed by atoms with Crippen molar-refractivity contribution in [3.05, 3.63) is 23.8 Å². The van der Waals surface area contributed by atoms with Gasteiger partial charge in [-0.05, 0) is 18.2 Å². The number of anilines is 2. The van der Waals surface area contributed by atoms with E-state index in [0.29, 0.717) is 5.56 Å². The quantitative estimate of drug-likeness (QED) is 0.609. The Kier molecular flexibility index (Phi) is 3.66. The average Bonchev–Trinajstić information content (AvgIpc) is 2.37. The number of carbonyl (C=O) groups excluding carboxylic acids is 2. The van der Waals surface area contributed by atoms with Crippen LogP contribution in [0.4, 0.5) is 11.4 Å². The van der Waals surface area contributed by atoms with E-state index in [0.717, 1.165) is 24.5 Å². The third-order valence-corrected chi connectivity index (χ3v) is 2.69. The van der Waals surface area contributed by atoms with E-state index in [1.807, 2.05) is 6.07 Å². The molecule has 6 nitrogen and oxygen atoms in total. The van der Waals surface area contributed by atoms with Gasteiger partial charge in [-0.25, -0.2) is 0 Å². The molecule has 1 heterocycles. The van der Waals surface area contributed by atoms with Gasteiger partial charge in [-0.2, -0.15) is 0 Å². The van der Waals surface area contributed by atoms with E-state index in [1.54, 1.807) is 12.1 Å². The molecule has 0 spiro atoms. The second-order valence-electron chi connectivity index (χ2n) is 4.09. The van der Waals surface area contributed by atoms with Crippen LogP contribution in [0.3, 0.4) is 0 Å². The Balaban J connectivity index is 2.00. The first kappa shape index (κ1) is 12.2. The molecular formula is C12H16N4O2. The molecule has 2 amide bonds. The summed E-state index contributed by atoms with van der Waals surface area (Å²) in [4.78, 5) is 22.4. The van der Waals surface area contributed by atoms with Gasteiger partial charge in [0.05, 0.1) is 11.4 Å². The van der Waals surface area contributed by atoms with Crippen LogP contribution in [0, 0.1) is 0 Å². The SMILES string of the molecule is NC(=O)CCNC(=O)c1ccc2c(c1)NCCN2. The summed E-state index contributed by atoms with van der Waals surface area (Å²) in [5, 5.41) is 9.10. The molecule has 96 valence electrons. The van der Waals surface area contributed by atoms with Crippen molar-refractivity contribution in [3.63, 3.8) is 0 Å². The minimum atomic E-state index is -0.424. The van der Waals surface area contributed by atoms with Gasteiger partial charge in [-0.1, -0.05) is 0 Å². The summed E-state index contributed by atoms with van der Waals surface area (Å²) in [7, 11) is 0. The maximum absolute atomic E-state index is 11.8. The first-order chi connectivity index (χ1) is 8.66. The number of rotatable bonds is 4. The molecule has 0 unspecified atom stereocenters. The van der Waals surface area contributed by atoms with Crippen LogP contribution in [-0.4, -0.2) is 31.4 Å². The first-order valence-electron chi connectivity index (χ1n) is 5.85. The van der Waals surface area contributed by atoms with E-state index in [1.165, 1.54) is 0 Å². The minimum absolute atomic E-state index is 0.149. The van der Waals surface area contributed by atoms with Gasteiger partial charge < -0.3 is 21.7 Å². The topological polar surface area (TPSA) is 96.2 Å². The van der Waals surface area contributed by atoms with E-state index in [2.05, 4.69) is 16.0 Å². The molecule has 0 atom stereocenters. The Morgan fingerprint density at radius 1 is 1.22 bits per heavy atom. The first-order valence-corrected chi connectivity index (χ1v) is 5.85. The number of hydrogen-bond acceptors (Lipinski definition) is 4. The van der Waals surface area contributed by atoms with Crippen LogP contribution >= 0.6 is 0 Å². The van der Waals surface area contributed by atoms with Gasteiger partial charge in [0.15, 0.2) is 0 Å². The molecule has 0 aromatic heterocycles. The van der Waals surface area contributed by atoms with Crippen molar-refractivity contribution in [3.8, 4) is 0 Å². The van der Waals surface area contributed by atoms with Crippen LogP contribution in [0.5, 0.6) is 0 Å². The summed E-state index contributed by atoms with van der Waals surface area (Å²) in [5.74, 6) is -0.627. The zero-order valence-electron chi connectivity index (χ0n) is 9.95. The summed E-state index contributed by atoms with van der Waals surface area (Å²) in [6, 6.07) is 5.41. The normalized spacial score (nSPS) is 12.9. The fourth-order valence-corrected chi connectivity index (χ4v) is 1.78. The second-order valence-corrected chi connectivity index (χ2v) is 4.09. The third kappa shape index (κ3) is 2.91. The largest absolute Gasteiger partial charge is 0.382 e. The van der Waals surface area contributed by atoms with Crippen molar-refractivity contribution < 1.29 is 9.59 Å². The van der Waals surface area contributed by atoms with E-state index in [9.17, 15) is 9.59 Å². The van der Waals surface area contributed by atoms with Crippen molar-refractivity contribution in [1.29, 1.82) is 0 Å². The number of carbonyl (C=O) groups is 2. The van der Waals surface area contributed by atoms with Gasteiger partial charge in [0.1, 0.15) is 0 Å². The molecule has 5 N–H and O–H groups in total. The fraction of sp³-hybridized carbons (Fsp3) is 0.333. The Bertz CT molecular complexity index is 473. The van der Waals surface area contributed by atoms with Crippen LogP contribution in [-0.2, 0) is 4.79 Å². The highest BCUT2D eigenvalue weighted by molar-refractivity contribution is 5.96. The number of primary amides is 1. The lowest BCUT2D eigenvalue weighted by atomic mass is 10.1. The lowest BCUT2D eigenvalue weighted by Gasteiger charge is -2.20. The monoisotopic (exact) mass is 248 g/mol. The number of amides is 2. The molecular weight excluding hydrogens is 232 g/mol. The third-order valence-electron chi connectivity index (χ3n) is 2.69. The van der Waals surface area contributed by atoms with Crippen molar-refractivity contribution in [2.75, 3.05) is 30.3 Å². The number of benzene rings is 1. The van der Waals surface area contributed by atoms with Gasteiger partial charge in [0, 0.05) is 31.6 Å². The van der Waals surface area contributed by atoms with Gasteiger partial charge in [-0.3, -0.25) is 9.59 Å². The van der Waals surface area contributed by atoms with E-state index >= 15 is 0 Å². The highest BCUT2D eigenvalue weighted by Crippen LogP contribution is 2.25. The standard InChI is InChI=1S/C12H16N4O2/c13-11(17)3-4-16-12(18)8-1-2-9-10(7-8)15-6-5-14-9/h1-2,7,14-15H,3-6H2,(H2,13,17)(H,16,18). The molecule has 0 saturated heterocycles. The molecule has 0 bridgehead atoms. The van der Waals surface area contributed by atoms with Crippen molar-refractivity contribution >= 4 is 23.2 Å². The Morgan fingerprint density at radius 3 is 2.67 bits per heavy atom. The summed E-state index contributed by atoms with van der Waals surface area (Å²) in [6.45, 7) is 1.97. The van der Waals surface area contributed by atoms with Crippen LogP contribution in [0.25, 0.3) is 0 Å². The number of nitrogens with one attached hydrogen (secondary N) is 3. The van der Waals surface area contributed by atoms with E-state index in [4.69, 9.17) is 5.73 Å². The van der Waals surface area contributed by atoms with Crippen molar-refractivity contribution in [2.45, 2.75) is 6.42 Å². The zero-order chi connectivity index (χ0) is 13.0. The van der Waals surface area contributed by atoms with Gasteiger partial charge in [0.25, 0.3) is 5.91 Å². The minimum Gasteiger partial charge on any atom is -0.382 e. The summed E-state index contributed by atoms with van der Waals surface area (Å²) in [6.07, 6.45) is 0.149. The molecule has 0 aliphatic carbocycles. The smallest absolute Gasteiger partial charge is 0.251 e. The molecule has 2 rings (SSSR count). The van der Waals surface area contributed by atoms with Crippen LogP contribution < -0.4 is 21.7 Å². The number of fused-ring (bicyclic) bond motifs is 1. The van der Waals surface area contributed by atoms with E-state index < -0.39 is 5.91 Å². The fourth-order valence-electron chi connectivity index (χ4n) is 1.78. The predicted octanol–water partition coefficient (Wildman–Crippen LogP) is 0.129. The number of nitrogens with two attached hydrogens (primary N) is 1. The molecule has 6 heteroatoms. The Morgan fingerprint density at radius 2 is 1.94 bits per heavy atom. The van der Waals surface area contributed by atoms with Crippen LogP contribution in [0.15, 0.2) is 18.2 Å².